The minimum Gasteiger partial charge on any atom is -0.324 e. The summed E-state index contributed by atoms with van der Waals surface area (Å²) >= 11 is 3.31. The summed E-state index contributed by atoms with van der Waals surface area (Å²) in [6, 6.07) is 3.74. The van der Waals surface area contributed by atoms with E-state index < -0.39 is 0 Å². The first-order valence-electron chi connectivity index (χ1n) is 6.02. The number of amides is 1. The van der Waals surface area contributed by atoms with Gasteiger partial charge in [0.15, 0.2) is 0 Å². The lowest BCUT2D eigenvalue weighted by molar-refractivity contribution is -0.120. The third kappa shape index (κ3) is 2.86. The minimum atomic E-state index is 0.141. The van der Waals surface area contributed by atoms with Crippen LogP contribution in [0.1, 0.15) is 31.9 Å². The van der Waals surface area contributed by atoms with Gasteiger partial charge >= 0.3 is 0 Å². The molecule has 0 aliphatic heterocycles. The Morgan fingerprint density at radius 3 is 2.82 bits per heavy atom. The molecule has 1 fully saturated rings. The summed E-state index contributed by atoms with van der Waals surface area (Å²) in [5.41, 5.74) is 1.66. The van der Waals surface area contributed by atoms with Gasteiger partial charge in [-0.25, -0.2) is 4.98 Å². The predicted molar refractivity (Wildman–Crippen MR) is 71.8 cm³/mol. The van der Waals surface area contributed by atoms with E-state index in [-0.39, 0.29) is 11.8 Å². The lowest BCUT2D eigenvalue weighted by atomic mass is 9.97. The van der Waals surface area contributed by atoms with Crippen LogP contribution in [0.25, 0.3) is 0 Å². The average Bonchev–Trinajstić information content (AvgIpc) is 2.68. The van der Waals surface area contributed by atoms with Crippen LogP contribution in [0.5, 0.6) is 0 Å². The molecule has 0 bridgehead atoms. The van der Waals surface area contributed by atoms with E-state index in [0.717, 1.165) is 35.2 Å². The number of nitrogens with zero attached hydrogens (tertiary/aromatic N) is 1. The van der Waals surface area contributed by atoms with Gasteiger partial charge in [-0.2, -0.15) is 0 Å². The standard InChI is InChI=1S/C13H17BrN2O/c1-8-4-3-5-10(8)13(17)16-11-6-7-12(14)15-9(11)2/h6-8,10H,3-5H2,1-2H3,(H,16,17). The molecule has 1 saturated carbocycles. The lowest BCUT2D eigenvalue weighted by Gasteiger charge is -2.16. The van der Waals surface area contributed by atoms with E-state index in [1.165, 1.54) is 0 Å². The number of pyridine rings is 1. The molecule has 1 aromatic heterocycles. The molecule has 0 saturated heterocycles. The fourth-order valence-corrected chi connectivity index (χ4v) is 2.82. The summed E-state index contributed by atoms with van der Waals surface area (Å²) in [4.78, 5) is 16.4. The summed E-state index contributed by atoms with van der Waals surface area (Å²) in [6.07, 6.45) is 3.34. The van der Waals surface area contributed by atoms with Crippen LogP contribution in [0.2, 0.25) is 0 Å². The summed E-state index contributed by atoms with van der Waals surface area (Å²) < 4.78 is 0.794. The number of aryl methyl sites for hydroxylation is 1. The van der Waals surface area contributed by atoms with Gasteiger partial charge in [0, 0.05) is 5.92 Å². The van der Waals surface area contributed by atoms with Gasteiger partial charge in [0.2, 0.25) is 5.91 Å². The van der Waals surface area contributed by atoms with Gasteiger partial charge in [-0.3, -0.25) is 4.79 Å². The summed E-state index contributed by atoms with van der Waals surface area (Å²) in [6.45, 7) is 4.06. The third-order valence-electron chi connectivity index (χ3n) is 3.51. The van der Waals surface area contributed by atoms with E-state index in [1.54, 1.807) is 0 Å². The van der Waals surface area contributed by atoms with Crippen molar-refractivity contribution in [2.45, 2.75) is 33.1 Å². The number of hydrogen-bond donors (Lipinski definition) is 1. The van der Waals surface area contributed by atoms with Crippen molar-refractivity contribution in [3.63, 3.8) is 0 Å². The number of carbonyl (C=O) groups is 1. The Morgan fingerprint density at radius 1 is 1.47 bits per heavy atom. The van der Waals surface area contributed by atoms with E-state index in [4.69, 9.17) is 0 Å². The molecule has 17 heavy (non-hydrogen) atoms. The van der Waals surface area contributed by atoms with Crippen LogP contribution in [0.4, 0.5) is 5.69 Å². The number of carbonyl (C=O) groups excluding carboxylic acids is 1. The number of anilines is 1. The van der Waals surface area contributed by atoms with E-state index >= 15 is 0 Å². The summed E-state index contributed by atoms with van der Waals surface area (Å²) in [7, 11) is 0. The molecule has 1 amide bonds. The first-order chi connectivity index (χ1) is 8.08. The quantitative estimate of drug-likeness (QED) is 0.849. The maximum Gasteiger partial charge on any atom is 0.227 e. The summed E-state index contributed by atoms with van der Waals surface area (Å²) in [5, 5.41) is 2.99. The normalized spacial score (nSPS) is 23.7. The molecule has 0 spiro atoms. The predicted octanol–water partition coefficient (Wildman–Crippen LogP) is 3.53. The van der Waals surface area contributed by atoms with Crippen LogP contribution in [0.3, 0.4) is 0 Å². The van der Waals surface area contributed by atoms with Crippen LogP contribution in [-0.4, -0.2) is 10.9 Å². The molecular weight excluding hydrogens is 280 g/mol. The molecule has 0 aromatic carbocycles. The number of halogens is 1. The molecule has 2 rings (SSSR count). The van der Waals surface area contributed by atoms with Crippen LogP contribution >= 0.6 is 15.9 Å². The molecule has 1 N–H and O–H groups in total. The highest BCUT2D eigenvalue weighted by Gasteiger charge is 2.29. The Balaban J connectivity index is 2.07. The topological polar surface area (TPSA) is 42.0 Å². The second kappa shape index (κ2) is 5.17. The Morgan fingerprint density at radius 2 is 2.24 bits per heavy atom. The van der Waals surface area contributed by atoms with Crippen molar-refractivity contribution in [3.05, 3.63) is 22.4 Å². The van der Waals surface area contributed by atoms with Gasteiger partial charge in [-0.1, -0.05) is 13.3 Å². The van der Waals surface area contributed by atoms with Crippen molar-refractivity contribution < 1.29 is 4.79 Å². The number of nitrogens with one attached hydrogen (secondary N) is 1. The first-order valence-corrected chi connectivity index (χ1v) is 6.81. The highest BCUT2D eigenvalue weighted by atomic mass is 79.9. The van der Waals surface area contributed by atoms with Crippen LogP contribution in [-0.2, 0) is 4.79 Å². The van der Waals surface area contributed by atoms with Gasteiger partial charge in [-0.05, 0) is 53.7 Å². The van der Waals surface area contributed by atoms with Crippen molar-refractivity contribution in [2.75, 3.05) is 5.32 Å². The van der Waals surface area contributed by atoms with Gasteiger partial charge in [0.1, 0.15) is 4.60 Å². The van der Waals surface area contributed by atoms with Gasteiger partial charge < -0.3 is 5.32 Å². The Kier molecular flexibility index (Phi) is 3.82. The average molecular weight is 297 g/mol. The highest BCUT2D eigenvalue weighted by Crippen LogP contribution is 2.32. The molecule has 0 radical (unpaired) electrons. The lowest BCUT2D eigenvalue weighted by Crippen LogP contribution is -2.25. The Labute approximate surface area is 110 Å². The maximum atomic E-state index is 12.1. The van der Waals surface area contributed by atoms with Crippen molar-refractivity contribution in [2.24, 2.45) is 11.8 Å². The largest absolute Gasteiger partial charge is 0.324 e. The fourth-order valence-electron chi connectivity index (χ4n) is 2.42. The number of rotatable bonds is 2. The molecule has 1 heterocycles. The van der Waals surface area contributed by atoms with Crippen LogP contribution < -0.4 is 5.32 Å². The third-order valence-corrected chi connectivity index (χ3v) is 3.95. The van der Waals surface area contributed by atoms with Crippen molar-refractivity contribution in [1.29, 1.82) is 0 Å². The molecule has 92 valence electrons. The van der Waals surface area contributed by atoms with Crippen molar-refractivity contribution in [3.8, 4) is 0 Å². The molecule has 1 aromatic rings. The Bertz CT molecular complexity index is 433. The second-order valence-corrected chi connectivity index (χ2v) is 5.58. The molecule has 2 unspecified atom stereocenters. The second-order valence-electron chi connectivity index (χ2n) is 4.77. The molecule has 1 aliphatic rings. The zero-order valence-corrected chi connectivity index (χ0v) is 11.8. The van der Waals surface area contributed by atoms with Crippen molar-refractivity contribution in [1.82, 2.24) is 4.98 Å². The first kappa shape index (κ1) is 12.6. The SMILES string of the molecule is Cc1nc(Br)ccc1NC(=O)C1CCCC1C. The summed E-state index contributed by atoms with van der Waals surface area (Å²) in [5.74, 6) is 0.805. The smallest absolute Gasteiger partial charge is 0.227 e. The van der Waals surface area contributed by atoms with Crippen LogP contribution in [0, 0.1) is 18.8 Å². The maximum absolute atomic E-state index is 12.1. The number of hydrogen-bond acceptors (Lipinski definition) is 2. The zero-order chi connectivity index (χ0) is 12.4. The molecule has 3 nitrogen and oxygen atoms in total. The van der Waals surface area contributed by atoms with E-state index in [0.29, 0.717) is 5.92 Å². The zero-order valence-electron chi connectivity index (χ0n) is 10.2. The van der Waals surface area contributed by atoms with Gasteiger partial charge in [-0.15, -0.1) is 0 Å². The van der Waals surface area contributed by atoms with Crippen molar-refractivity contribution >= 4 is 27.5 Å². The van der Waals surface area contributed by atoms with E-state index in [9.17, 15) is 4.79 Å². The molecule has 2 atom stereocenters. The van der Waals surface area contributed by atoms with E-state index in [2.05, 4.69) is 33.2 Å². The van der Waals surface area contributed by atoms with Gasteiger partial charge in [0.25, 0.3) is 0 Å². The monoisotopic (exact) mass is 296 g/mol. The molecule has 1 aliphatic carbocycles. The number of aromatic nitrogens is 1. The van der Waals surface area contributed by atoms with Crippen LogP contribution in [0.15, 0.2) is 16.7 Å². The Hall–Kier alpha value is -0.900. The fraction of sp³-hybridized carbons (Fsp3) is 0.538. The minimum absolute atomic E-state index is 0.141. The molecule has 4 heteroatoms. The highest BCUT2D eigenvalue weighted by molar-refractivity contribution is 9.10. The van der Waals surface area contributed by atoms with Gasteiger partial charge in [0.05, 0.1) is 11.4 Å². The van der Waals surface area contributed by atoms with E-state index in [1.807, 2.05) is 19.1 Å². The molecular formula is C13H17BrN2O.